The Morgan fingerprint density at radius 3 is 1.89 bits per heavy atom. The van der Waals surface area contributed by atoms with Crippen LogP contribution in [0.15, 0.2) is 0 Å². The van der Waals surface area contributed by atoms with Crippen molar-refractivity contribution in [3.63, 3.8) is 0 Å². The van der Waals surface area contributed by atoms with Gasteiger partial charge in [-0.1, -0.05) is 27.7 Å². The van der Waals surface area contributed by atoms with Crippen LogP contribution < -0.4 is 0 Å². The normalized spacial score (nSPS) is 16.6. The molecule has 0 amide bonds. The van der Waals surface area contributed by atoms with E-state index >= 15 is 0 Å². The molecule has 0 aromatic heterocycles. The minimum atomic E-state index is -2.09. The maximum atomic E-state index is 11.4. The molecule has 2 unspecified atom stereocenters. The van der Waals surface area contributed by atoms with E-state index in [1.54, 1.807) is 13.8 Å². The lowest BCUT2D eigenvalue weighted by Crippen LogP contribution is -2.56. The summed E-state index contributed by atoms with van der Waals surface area (Å²) < 4.78 is 5.26. The Morgan fingerprint density at radius 2 is 1.61 bits per heavy atom. The zero-order valence-electron chi connectivity index (χ0n) is 11.2. The Morgan fingerprint density at radius 1 is 1.11 bits per heavy atom. The number of ether oxygens (including phenoxy) is 1. The van der Waals surface area contributed by atoms with Crippen LogP contribution in [0.5, 0.6) is 0 Å². The monoisotopic (exact) mass is 262 g/mol. The van der Waals surface area contributed by atoms with E-state index in [1.807, 2.05) is 13.8 Å². The minimum Gasteiger partial charge on any atom is -0.479 e. The van der Waals surface area contributed by atoms with Gasteiger partial charge in [0.1, 0.15) is 0 Å². The van der Waals surface area contributed by atoms with Crippen molar-refractivity contribution in [1.29, 1.82) is 0 Å². The van der Waals surface area contributed by atoms with Crippen LogP contribution >= 0.6 is 0 Å². The number of carboxylic acid groups (broad SMARTS) is 2. The van der Waals surface area contributed by atoms with E-state index in [-0.39, 0.29) is 24.9 Å². The number of aliphatic hydroxyl groups is 1. The molecule has 6 heteroatoms. The van der Waals surface area contributed by atoms with E-state index in [4.69, 9.17) is 9.84 Å². The largest absolute Gasteiger partial charge is 0.479 e. The van der Waals surface area contributed by atoms with Gasteiger partial charge < -0.3 is 20.1 Å². The van der Waals surface area contributed by atoms with E-state index in [0.717, 1.165) is 0 Å². The molecule has 0 aromatic carbocycles. The van der Waals surface area contributed by atoms with Crippen LogP contribution in [0.4, 0.5) is 0 Å². The lowest BCUT2D eigenvalue weighted by molar-refractivity contribution is -0.198. The zero-order chi connectivity index (χ0) is 14.5. The molecule has 0 aromatic rings. The second-order valence-corrected chi connectivity index (χ2v) is 5.24. The molecule has 3 N–H and O–H groups in total. The van der Waals surface area contributed by atoms with Crippen LogP contribution in [0, 0.1) is 11.8 Å². The third kappa shape index (κ3) is 4.27. The number of aliphatic hydroxyl groups excluding tert-OH is 1. The first-order chi connectivity index (χ1) is 8.13. The molecule has 0 aliphatic carbocycles. The maximum Gasteiger partial charge on any atom is 0.339 e. The molecule has 0 rings (SSSR count). The van der Waals surface area contributed by atoms with Crippen LogP contribution in [0.25, 0.3) is 0 Å². The van der Waals surface area contributed by atoms with Gasteiger partial charge in [-0.15, -0.1) is 0 Å². The van der Waals surface area contributed by atoms with Gasteiger partial charge in [-0.05, 0) is 18.3 Å². The van der Waals surface area contributed by atoms with Crippen molar-refractivity contribution in [3.05, 3.63) is 0 Å². The van der Waals surface area contributed by atoms with Crippen LogP contribution in [0.1, 0.15) is 34.1 Å². The summed E-state index contributed by atoms with van der Waals surface area (Å²) in [6, 6.07) is 0. The van der Waals surface area contributed by atoms with Crippen molar-refractivity contribution in [1.82, 2.24) is 0 Å². The first-order valence-corrected chi connectivity index (χ1v) is 5.91. The van der Waals surface area contributed by atoms with Crippen molar-refractivity contribution in [2.75, 3.05) is 6.61 Å². The van der Waals surface area contributed by atoms with E-state index in [0.29, 0.717) is 0 Å². The summed E-state index contributed by atoms with van der Waals surface area (Å²) in [7, 11) is 0. The van der Waals surface area contributed by atoms with Gasteiger partial charge in [0.2, 0.25) is 5.60 Å². The number of rotatable bonds is 8. The van der Waals surface area contributed by atoms with Crippen molar-refractivity contribution in [2.24, 2.45) is 11.8 Å². The highest BCUT2D eigenvalue weighted by Crippen LogP contribution is 2.27. The predicted octanol–water partition coefficient (Wildman–Crippen LogP) is 0.974. The van der Waals surface area contributed by atoms with E-state index in [2.05, 4.69) is 0 Å². The SMILES string of the molecule is CC(C)COC(CC(C)C)(C(=O)O)C(O)C(=O)O. The number of carboxylic acids is 2. The molecular weight excluding hydrogens is 240 g/mol. The Labute approximate surface area is 107 Å². The predicted molar refractivity (Wildman–Crippen MR) is 64.3 cm³/mol. The van der Waals surface area contributed by atoms with Crippen LogP contribution in [0.2, 0.25) is 0 Å². The summed E-state index contributed by atoms with van der Waals surface area (Å²) in [6.07, 6.45) is -2.15. The van der Waals surface area contributed by atoms with Crippen LogP contribution in [-0.4, -0.2) is 45.6 Å². The Balaban J connectivity index is 5.28. The van der Waals surface area contributed by atoms with Gasteiger partial charge in [0.15, 0.2) is 6.10 Å². The molecule has 2 atom stereocenters. The third-order valence-corrected chi connectivity index (χ3v) is 2.42. The summed E-state index contributed by atoms with van der Waals surface area (Å²) in [5.74, 6) is -3.13. The van der Waals surface area contributed by atoms with Gasteiger partial charge in [0.25, 0.3) is 0 Å². The van der Waals surface area contributed by atoms with Crippen molar-refractivity contribution < 1.29 is 29.6 Å². The molecule has 0 saturated heterocycles. The molecule has 0 aliphatic rings. The van der Waals surface area contributed by atoms with Gasteiger partial charge in [-0.2, -0.15) is 0 Å². The summed E-state index contributed by atoms with van der Waals surface area (Å²) in [4.78, 5) is 22.3. The summed E-state index contributed by atoms with van der Waals surface area (Å²) >= 11 is 0. The van der Waals surface area contributed by atoms with Crippen LogP contribution in [0.3, 0.4) is 0 Å². The lowest BCUT2D eigenvalue weighted by atomic mass is 9.86. The topological polar surface area (TPSA) is 104 Å². The number of aliphatic carboxylic acids is 2. The highest BCUT2D eigenvalue weighted by molar-refractivity contribution is 5.87. The second kappa shape index (κ2) is 6.70. The molecule has 0 aliphatic heterocycles. The number of hydrogen-bond donors (Lipinski definition) is 3. The van der Waals surface area contributed by atoms with Crippen molar-refractivity contribution >= 4 is 11.9 Å². The Kier molecular flexibility index (Phi) is 6.28. The average Bonchev–Trinajstić information content (AvgIpc) is 2.21. The molecule has 18 heavy (non-hydrogen) atoms. The van der Waals surface area contributed by atoms with Crippen molar-refractivity contribution in [3.8, 4) is 0 Å². The van der Waals surface area contributed by atoms with Gasteiger partial charge in [-0.3, -0.25) is 0 Å². The van der Waals surface area contributed by atoms with Crippen molar-refractivity contribution in [2.45, 2.75) is 45.8 Å². The fourth-order valence-electron chi connectivity index (χ4n) is 1.64. The maximum absolute atomic E-state index is 11.4. The highest BCUT2D eigenvalue weighted by Gasteiger charge is 2.51. The molecule has 0 saturated carbocycles. The zero-order valence-corrected chi connectivity index (χ0v) is 11.2. The first-order valence-electron chi connectivity index (χ1n) is 5.91. The molecule has 0 heterocycles. The quantitative estimate of drug-likeness (QED) is 0.602. The van der Waals surface area contributed by atoms with Gasteiger partial charge in [-0.25, -0.2) is 9.59 Å². The Hall–Kier alpha value is -1.14. The standard InChI is InChI=1S/C12H22O6/c1-7(2)5-12(11(16)17,9(13)10(14)15)18-6-8(3)4/h7-9,13H,5-6H2,1-4H3,(H,14,15)(H,16,17). The van der Waals surface area contributed by atoms with Gasteiger partial charge >= 0.3 is 11.9 Å². The summed E-state index contributed by atoms with van der Waals surface area (Å²) in [5, 5.41) is 27.8. The highest BCUT2D eigenvalue weighted by atomic mass is 16.5. The fourth-order valence-corrected chi connectivity index (χ4v) is 1.64. The van der Waals surface area contributed by atoms with Gasteiger partial charge in [0.05, 0.1) is 6.61 Å². The molecule has 0 bridgehead atoms. The molecule has 6 nitrogen and oxygen atoms in total. The van der Waals surface area contributed by atoms with E-state index < -0.39 is 23.6 Å². The smallest absolute Gasteiger partial charge is 0.339 e. The molecule has 0 radical (unpaired) electrons. The summed E-state index contributed by atoms with van der Waals surface area (Å²) in [5.41, 5.74) is -2.09. The minimum absolute atomic E-state index is 0.0388. The fraction of sp³-hybridized carbons (Fsp3) is 0.833. The lowest BCUT2D eigenvalue weighted by Gasteiger charge is -2.33. The molecule has 106 valence electrons. The second-order valence-electron chi connectivity index (χ2n) is 5.24. The third-order valence-electron chi connectivity index (χ3n) is 2.42. The van der Waals surface area contributed by atoms with E-state index in [9.17, 15) is 19.8 Å². The first kappa shape index (κ1) is 16.9. The molecule has 0 fully saturated rings. The average molecular weight is 262 g/mol. The number of hydrogen-bond acceptors (Lipinski definition) is 4. The van der Waals surface area contributed by atoms with E-state index in [1.165, 1.54) is 0 Å². The number of carbonyl (C=O) groups is 2. The molecular formula is C12H22O6. The van der Waals surface area contributed by atoms with Crippen LogP contribution in [-0.2, 0) is 14.3 Å². The van der Waals surface area contributed by atoms with Gasteiger partial charge in [0, 0.05) is 0 Å². The summed E-state index contributed by atoms with van der Waals surface area (Å²) in [6.45, 7) is 7.18. The molecule has 0 spiro atoms. The Bertz CT molecular complexity index is 299.